The van der Waals surface area contributed by atoms with Crippen molar-refractivity contribution in [3.63, 3.8) is 0 Å². The summed E-state index contributed by atoms with van der Waals surface area (Å²) in [6.45, 7) is 1.94. The molecule has 0 heterocycles. The van der Waals surface area contributed by atoms with E-state index in [9.17, 15) is 10.1 Å². The Morgan fingerprint density at radius 3 is 2.65 bits per heavy atom. The molecule has 0 atom stereocenters. The fourth-order valence-corrected chi connectivity index (χ4v) is 2.51. The van der Waals surface area contributed by atoms with Gasteiger partial charge < -0.3 is 4.74 Å². The van der Waals surface area contributed by atoms with E-state index < -0.39 is 4.92 Å². The zero-order valence-corrected chi connectivity index (χ0v) is 13.8. The molecule has 6 heteroatoms. The lowest BCUT2D eigenvalue weighted by molar-refractivity contribution is -0.385. The molecule has 0 spiro atoms. The van der Waals surface area contributed by atoms with E-state index in [2.05, 4.69) is 31.9 Å². The summed E-state index contributed by atoms with van der Waals surface area (Å²) in [4.78, 5) is 10.5. The van der Waals surface area contributed by atoms with Crippen LogP contribution in [0.25, 0.3) is 0 Å². The van der Waals surface area contributed by atoms with E-state index in [0.717, 1.165) is 10.0 Å². The Morgan fingerprint density at radius 1 is 1.25 bits per heavy atom. The van der Waals surface area contributed by atoms with E-state index >= 15 is 0 Å². The molecule has 0 fully saturated rings. The zero-order chi connectivity index (χ0) is 14.7. The second-order valence-corrected chi connectivity index (χ2v) is 5.67. The van der Waals surface area contributed by atoms with Crippen molar-refractivity contribution >= 4 is 37.5 Å². The Hall–Kier alpha value is -1.40. The molecule has 104 valence electrons. The van der Waals surface area contributed by atoms with Gasteiger partial charge in [-0.3, -0.25) is 10.1 Å². The molecule has 0 unspecified atom stereocenters. The van der Waals surface area contributed by atoms with Crippen molar-refractivity contribution in [3.05, 3.63) is 62.1 Å². The lowest BCUT2D eigenvalue weighted by Gasteiger charge is -2.10. The fraction of sp³-hybridized carbons (Fsp3) is 0.143. The van der Waals surface area contributed by atoms with Crippen molar-refractivity contribution in [1.82, 2.24) is 0 Å². The molecular weight excluding hydrogens is 390 g/mol. The molecule has 2 rings (SSSR count). The van der Waals surface area contributed by atoms with Crippen molar-refractivity contribution < 1.29 is 9.66 Å². The minimum atomic E-state index is -0.398. The van der Waals surface area contributed by atoms with Crippen LogP contribution in [0.3, 0.4) is 0 Å². The first-order valence-electron chi connectivity index (χ1n) is 5.78. The van der Waals surface area contributed by atoms with Gasteiger partial charge in [0.1, 0.15) is 11.5 Å². The maximum absolute atomic E-state index is 10.9. The van der Waals surface area contributed by atoms with Gasteiger partial charge in [-0.05, 0) is 36.8 Å². The van der Waals surface area contributed by atoms with E-state index in [4.69, 9.17) is 4.74 Å². The van der Waals surface area contributed by atoms with Crippen molar-refractivity contribution in [2.24, 2.45) is 0 Å². The third kappa shape index (κ3) is 3.37. The summed E-state index contributed by atoms with van der Waals surface area (Å²) in [6.07, 6.45) is 0. The van der Waals surface area contributed by atoms with E-state index in [1.165, 1.54) is 6.07 Å². The van der Waals surface area contributed by atoms with Gasteiger partial charge in [0.15, 0.2) is 0 Å². The summed E-state index contributed by atoms with van der Waals surface area (Å²) in [6, 6.07) is 10.5. The van der Waals surface area contributed by atoms with Gasteiger partial charge in [0.25, 0.3) is 5.69 Å². The second kappa shape index (κ2) is 6.37. The number of alkyl halides is 1. The van der Waals surface area contributed by atoms with E-state index in [0.29, 0.717) is 22.4 Å². The Bertz CT molecular complexity index is 659. The topological polar surface area (TPSA) is 52.4 Å². The Balaban J connectivity index is 2.34. The van der Waals surface area contributed by atoms with Crippen LogP contribution in [0.5, 0.6) is 11.5 Å². The minimum Gasteiger partial charge on any atom is -0.457 e. The van der Waals surface area contributed by atoms with Gasteiger partial charge in [0, 0.05) is 21.4 Å². The molecule has 0 aliphatic rings. The van der Waals surface area contributed by atoms with E-state index in [-0.39, 0.29) is 5.69 Å². The first kappa shape index (κ1) is 15.0. The number of halogens is 2. The standard InChI is InChI=1S/C14H11Br2NO3/c1-9-2-3-11(16)7-14(9)20-12-4-5-13(17(18)19)10(6-12)8-15/h2-7H,8H2,1H3. The molecule has 0 saturated carbocycles. The number of rotatable bonds is 4. The van der Waals surface area contributed by atoms with Crippen molar-refractivity contribution in [1.29, 1.82) is 0 Å². The van der Waals surface area contributed by atoms with Crippen LogP contribution in [0.15, 0.2) is 40.9 Å². The Labute approximate surface area is 133 Å². The smallest absolute Gasteiger partial charge is 0.273 e. The van der Waals surface area contributed by atoms with Crippen LogP contribution < -0.4 is 4.74 Å². The molecule has 0 radical (unpaired) electrons. The summed E-state index contributed by atoms with van der Waals surface area (Å²) < 4.78 is 6.71. The largest absolute Gasteiger partial charge is 0.457 e. The molecule has 0 saturated heterocycles. The van der Waals surface area contributed by atoms with Gasteiger partial charge >= 0.3 is 0 Å². The first-order valence-corrected chi connectivity index (χ1v) is 7.70. The summed E-state index contributed by atoms with van der Waals surface area (Å²) in [5, 5.41) is 11.3. The van der Waals surface area contributed by atoms with Gasteiger partial charge in [-0.1, -0.05) is 37.9 Å². The van der Waals surface area contributed by atoms with Gasteiger partial charge in [-0.15, -0.1) is 0 Å². The fourth-order valence-electron chi connectivity index (χ4n) is 1.72. The second-order valence-electron chi connectivity index (χ2n) is 4.19. The highest BCUT2D eigenvalue weighted by Crippen LogP contribution is 2.31. The minimum absolute atomic E-state index is 0.0835. The lowest BCUT2D eigenvalue weighted by atomic mass is 10.2. The van der Waals surface area contributed by atoms with Gasteiger partial charge in [-0.2, -0.15) is 0 Å². The van der Waals surface area contributed by atoms with Gasteiger partial charge in [0.05, 0.1) is 4.92 Å². The third-order valence-electron chi connectivity index (χ3n) is 2.77. The highest BCUT2D eigenvalue weighted by molar-refractivity contribution is 9.10. The average Bonchev–Trinajstić information content (AvgIpc) is 2.42. The number of benzene rings is 2. The number of nitrogens with zero attached hydrogens (tertiary/aromatic N) is 1. The monoisotopic (exact) mass is 399 g/mol. The number of hydrogen-bond acceptors (Lipinski definition) is 3. The van der Waals surface area contributed by atoms with Crippen LogP contribution in [0, 0.1) is 17.0 Å². The normalized spacial score (nSPS) is 10.3. The summed E-state index contributed by atoms with van der Waals surface area (Å²) in [5.41, 5.74) is 1.66. The average molecular weight is 401 g/mol. The van der Waals surface area contributed by atoms with Crippen LogP contribution in [0.4, 0.5) is 5.69 Å². The highest BCUT2D eigenvalue weighted by Gasteiger charge is 2.14. The number of aryl methyl sites for hydroxylation is 1. The third-order valence-corrected chi connectivity index (χ3v) is 3.87. The van der Waals surface area contributed by atoms with Crippen molar-refractivity contribution in [3.8, 4) is 11.5 Å². The van der Waals surface area contributed by atoms with Crippen LogP contribution in [-0.2, 0) is 5.33 Å². The summed E-state index contributed by atoms with van der Waals surface area (Å²) in [5.74, 6) is 1.29. The van der Waals surface area contributed by atoms with E-state index in [1.54, 1.807) is 12.1 Å². The number of hydrogen-bond donors (Lipinski definition) is 0. The number of nitro groups is 1. The van der Waals surface area contributed by atoms with Crippen molar-refractivity contribution in [2.45, 2.75) is 12.3 Å². The van der Waals surface area contributed by atoms with Crippen LogP contribution in [-0.4, -0.2) is 4.92 Å². The van der Waals surface area contributed by atoms with Crippen LogP contribution >= 0.6 is 31.9 Å². The molecule has 0 aliphatic carbocycles. The van der Waals surface area contributed by atoms with Gasteiger partial charge in [0.2, 0.25) is 0 Å². The molecule has 0 aromatic heterocycles. The molecule has 0 aliphatic heterocycles. The molecule has 4 nitrogen and oxygen atoms in total. The van der Waals surface area contributed by atoms with E-state index in [1.807, 2.05) is 25.1 Å². The number of ether oxygens (including phenoxy) is 1. The molecule has 0 bridgehead atoms. The first-order chi connectivity index (χ1) is 9.51. The molecular formula is C14H11Br2NO3. The van der Waals surface area contributed by atoms with Crippen LogP contribution in [0.2, 0.25) is 0 Å². The molecule has 0 amide bonds. The number of nitro benzene ring substituents is 1. The Morgan fingerprint density at radius 2 is 2.00 bits per heavy atom. The van der Waals surface area contributed by atoms with Crippen molar-refractivity contribution in [2.75, 3.05) is 0 Å². The summed E-state index contributed by atoms with van der Waals surface area (Å²) >= 11 is 6.65. The quantitative estimate of drug-likeness (QED) is 0.394. The lowest BCUT2D eigenvalue weighted by Crippen LogP contribution is -1.95. The zero-order valence-electron chi connectivity index (χ0n) is 10.6. The molecule has 0 N–H and O–H groups in total. The van der Waals surface area contributed by atoms with Crippen LogP contribution in [0.1, 0.15) is 11.1 Å². The van der Waals surface area contributed by atoms with Gasteiger partial charge in [-0.25, -0.2) is 0 Å². The predicted octanol–water partition coefficient (Wildman–Crippen LogP) is 5.35. The predicted molar refractivity (Wildman–Crippen MR) is 84.7 cm³/mol. The maximum Gasteiger partial charge on any atom is 0.273 e. The summed E-state index contributed by atoms with van der Waals surface area (Å²) in [7, 11) is 0. The molecule has 20 heavy (non-hydrogen) atoms. The maximum atomic E-state index is 10.9. The Kier molecular flexibility index (Phi) is 4.77. The molecule has 2 aromatic rings. The highest BCUT2D eigenvalue weighted by atomic mass is 79.9. The molecule has 2 aromatic carbocycles. The SMILES string of the molecule is Cc1ccc(Br)cc1Oc1ccc([N+](=O)[O-])c(CBr)c1.